The molecule has 0 aliphatic rings. The minimum absolute atomic E-state index is 0. The first-order valence-electron chi connectivity index (χ1n) is 1.000. The Bertz CT molecular complexity index is 13.2. The molecule has 0 aromatic heterocycles. The van der Waals surface area contributed by atoms with Crippen LogP contribution in [0.15, 0.2) is 26.3 Å². The fraction of sp³-hybridized carbons (Fsp3) is 0. The molecule has 0 saturated heterocycles. The summed E-state index contributed by atoms with van der Waals surface area (Å²) < 4.78 is 0. The molecule has 0 bridgehead atoms. The largest absolute Gasteiger partial charge is 0.106 e. The Kier molecular flexibility index (Phi) is 374. The third kappa shape index (κ3) is 53.2. The van der Waals surface area contributed by atoms with Gasteiger partial charge in [0, 0.05) is 126 Å². The van der Waals surface area contributed by atoms with Gasteiger partial charge in [-0.15, -0.1) is 26.3 Å². The van der Waals surface area contributed by atoms with Crippen molar-refractivity contribution in [2.75, 3.05) is 0 Å². The van der Waals surface area contributed by atoms with E-state index in [-0.39, 0.29) is 126 Å². The van der Waals surface area contributed by atoms with Gasteiger partial charge in [-0.05, 0) is 0 Å². The quantitative estimate of drug-likeness (QED) is 0.352. The maximum absolute atomic E-state index is 3.00. The van der Waals surface area contributed by atoms with Crippen LogP contribution in [0.4, 0.5) is 0 Å². The monoisotopic (exact) mass is 165 g/mol. The van der Waals surface area contributed by atoms with Gasteiger partial charge in [0.1, 0.15) is 0 Å². The third-order valence-electron chi connectivity index (χ3n) is 0. The molecule has 4 heteroatoms. The van der Waals surface area contributed by atoms with Crippen LogP contribution in [0.5, 0.6) is 0 Å². The molecule has 0 nitrogen and oxygen atoms in total. The van der Waals surface area contributed by atoms with Crippen LogP contribution in [0.3, 0.4) is 0 Å². The molecule has 29 valence electrons. The predicted molar refractivity (Wildman–Crippen MR) is 45.5 cm³/mol. The van der Waals surface area contributed by atoms with Crippen molar-refractivity contribution in [2.24, 2.45) is 0 Å². The van der Waals surface area contributed by atoms with E-state index in [1.54, 1.807) is 0 Å². The van der Waals surface area contributed by atoms with Gasteiger partial charge in [-0.25, -0.2) is 0 Å². The predicted octanol–water partition coefficient (Wildman–Crippen LogP) is 0.0812. The Labute approximate surface area is 149 Å². The van der Waals surface area contributed by atoms with E-state index in [0.717, 1.165) is 0 Å². The summed E-state index contributed by atoms with van der Waals surface area (Å²) >= 11 is 0. The SMILES string of the molecule is C=C.C=C.[Ca].[Na].[Na].[Na]. The van der Waals surface area contributed by atoms with E-state index in [4.69, 9.17) is 0 Å². The summed E-state index contributed by atoms with van der Waals surface area (Å²) in [6.45, 7) is 12.0. The van der Waals surface area contributed by atoms with Crippen LogP contribution in [0.25, 0.3) is 0 Å². The van der Waals surface area contributed by atoms with Gasteiger partial charge in [0.05, 0.1) is 0 Å². The van der Waals surface area contributed by atoms with Gasteiger partial charge in [-0.1, -0.05) is 0 Å². The van der Waals surface area contributed by atoms with Crippen LogP contribution in [-0.4, -0.2) is 126 Å². The molecule has 0 amide bonds. The van der Waals surface area contributed by atoms with E-state index in [9.17, 15) is 0 Å². The molecule has 0 aliphatic heterocycles. The summed E-state index contributed by atoms with van der Waals surface area (Å²) in [7, 11) is 0. The Morgan fingerprint density at radius 2 is 0.500 bits per heavy atom. The Balaban J connectivity index is -0.00000000167. The molecule has 0 aromatic carbocycles. The molecule has 0 unspecified atom stereocenters. The van der Waals surface area contributed by atoms with Crippen LogP contribution in [0.1, 0.15) is 0 Å². The molecule has 0 N–H and O–H groups in total. The Morgan fingerprint density at radius 3 is 0.500 bits per heavy atom. The van der Waals surface area contributed by atoms with E-state index >= 15 is 0 Å². The smallest absolute Gasteiger partial charge is 0 e. The summed E-state index contributed by atoms with van der Waals surface area (Å²) in [6, 6.07) is 0. The second kappa shape index (κ2) is 72.8. The molecule has 8 heavy (non-hydrogen) atoms. The number of rotatable bonds is 0. The zero-order valence-electron chi connectivity index (χ0n) is 6.54. The van der Waals surface area contributed by atoms with Crippen molar-refractivity contribution in [3.05, 3.63) is 26.3 Å². The topological polar surface area (TPSA) is 0 Å². The third-order valence-corrected chi connectivity index (χ3v) is 0. The summed E-state index contributed by atoms with van der Waals surface area (Å²) in [5.74, 6) is 0. The van der Waals surface area contributed by atoms with E-state index in [2.05, 4.69) is 26.3 Å². The van der Waals surface area contributed by atoms with Crippen LogP contribution in [-0.2, 0) is 0 Å². The maximum atomic E-state index is 3.00. The van der Waals surface area contributed by atoms with Crippen molar-refractivity contribution in [3.8, 4) is 0 Å². The van der Waals surface area contributed by atoms with Crippen LogP contribution in [0.2, 0.25) is 0 Å². The average Bonchev–Trinajstić information content (AvgIpc) is 1.50. The maximum Gasteiger partial charge on any atom is 0 e. The summed E-state index contributed by atoms with van der Waals surface area (Å²) in [5.41, 5.74) is 0. The van der Waals surface area contributed by atoms with Crippen molar-refractivity contribution in [1.29, 1.82) is 0 Å². The van der Waals surface area contributed by atoms with E-state index in [1.807, 2.05) is 0 Å². The minimum atomic E-state index is 0. The second-order valence-electron chi connectivity index (χ2n) is 0. The van der Waals surface area contributed by atoms with E-state index < -0.39 is 0 Å². The summed E-state index contributed by atoms with van der Waals surface area (Å²) in [6.07, 6.45) is 0. The van der Waals surface area contributed by atoms with Crippen LogP contribution in [0, 0.1) is 0 Å². The molecule has 0 saturated carbocycles. The van der Waals surface area contributed by atoms with Gasteiger partial charge >= 0.3 is 0 Å². The number of hydrogen-bond donors (Lipinski definition) is 0. The molecule has 0 aliphatic carbocycles. The van der Waals surface area contributed by atoms with Gasteiger partial charge in [0.15, 0.2) is 0 Å². The molecule has 0 fully saturated rings. The zero-order chi connectivity index (χ0) is 4.00. The summed E-state index contributed by atoms with van der Waals surface area (Å²) in [5, 5.41) is 0. The first-order chi connectivity index (χ1) is 2.00. The zero-order valence-corrected chi connectivity index (χ0v) is 14.7. The fourth-order valence-corrected chi connectivity index (χ4v) is 0. The molecule has 0 atom stereocenters. The van der Waals surface area contributed by atoms with Crippen molar-refractivity contribution in [3.63, 3.8) is 0 Å². The van der Waals surface area contributed by atoms with Crippen molar-refractivity contribution >= 4 is 126 Å². The van der Waals surface area contributed by atoms with E-state index in [0.29, 0.717) is 0 Å². The number of hydrogen-bond acceptors (Lipinski definition) is 0. The summed E-state index contributed by atoms with van der Waals surface area (Å²) in [4.78, 5) is 0. The van der Waals surface area contributed by atoms with Gasteiger partial charge in [0.2, 0.25) is 0 Å². The first-order valence-corrected chi connectivity index (χ1v) is 1.000. The van der Waals surface area contributed by atoms with Crippen molar-refractivity contribution < 1.29 is 0 Å². The van der Waals surface area contributed by atoms with Gasteiger partial charge in [0.25, 0.3) is 0 Å². The normalized spacial score (nSPS) is 1.00. The van der Waals surface area contributed by atoms with Crippen LogP contribution < -0.4 is 0 Å². The molecule has 0 aromatic rings. The first kappa shape index (κ1) is 41.1. The van der Waals surface area contributed by atoms with Gasteiger partial charge in [-0.3, -0.25) is 0 Å². The molecule has 0 spiro atoms. The van der Waals surface area contributed by atoms with Crippen molar-refractivity contribution in [1.82, 2.24) is 0 Å². The van der Waals surface area contributed by atoms with Crippen LogP contribution >= 0.6 is 0 Å². The molecule has 0 rings (SSSR count). The second-order valence-corrected chi connectivity index (χ2v) is 0. The molecular formula is C4H8CaNa3. The Morgan fingerprint density at radius 1 is 0.500 bits per heavy atom. The van der Waals surface area contributed by atoms with E-state index in [1.165, 1.54) is 0 Å². The minimum Gasteiger partial charge on any atom is -0.106 e. The fourth-order valence-electron chi connectivity index (χ4n) is 0. The molecule has 5 radical (unpaired) electrons. The van der Waals surface area contributed by atoms with Gasteiger partial charge < -0.3 is 0 Å². The Hall–Kier alpha value is 3.74. The molecule has 0 heterocycles. The average molecular weight is 165 g/mol. The standard InChI is InChI=1S/2C2H4.Ca.3Na/c2*1-2;;;;/h2*1-2H2;;;;. The van der Waals surface area contributed by atoms with Crippen molar-refractivity contribution in [2.45, 2.75) is 0 Å². The van der Waals surface area contributed by atoms with Gasteiger partial charge in [-0.2, -0.15) is 0 Å². The molecular weight excluding hydrogens is 157 g/mol.